The number of carboxylic acid groups (broad SMARTS) is 1. The highest BCUT2D eigenvalue weighted by Gasteiger charge is 2.59. The average molecular weight is 446 g/mol. The maximum atomic E-state index is 14.7. The van der Waals surface area contributed by atoms with Crippen molar-refractivity contribution >= 4 is 45.9 Å². The van der Waals surface area contributed by atoms with E-state index in [2.05, 4.69) is 14.9 Å². The molecule has 1 saturated heterocycles. The Hall–Kier alpha value is -2.44. The molecule has 1 N–H and O–H groups in total. The topological polar surface area (TPSA) is 66.3 Å². The van der Waals surface area contributed by atoms with Crippen molar-refractivity contribution in [3.8, 4) is 11.1 Å². The molecule has 154 valence electrons. The van der Waals surface area contributed by atoms with Crippen LogP contribution >= 0.6 is 23.2 Å². The van der Waals surface area contributed by atoms with E-state index in [1.54, 1.807) is 18.2 Å². The van der Waals surface area contributed by atoms with Gasteiger partial charge in [-0.15, -0.1) is 0 Å². The van der Waals surface area contributed by atoms with Crippen LogP contribution in [0, 0.1) is 17.2 Å². The smallest absolute Gasteiger partial charge is 0.307 e. The summed E-state index contributed by atoms with van der Waals surface area (Å²) in [6, 6.07) is 8.36. The lowest BCUT2D eigenvalue weighted by Crippen LogP contribution is -2.38. The number of hydrogen-bond donors (Lipinski definition) is 1. The zero-order chi connectivity index (χ0) is 21.0. The first kappa shape index (κ1) is 19.5. The van der Waals surface area contributed by atoms with Crippen molar-refractivity contribution in [2.24, 2.45) is 11.3 Å². The van der Waals surface area contributed by atoms with Gasteiger partial charge in [-0.3, -0.25) is 4.79 Å². The molecule has 2 aliphatic rings. The van der Waals surface area contributed by atoms with Crippen LogP contribution in [-0.4, -0.2) is 34.1 Å². The number of anilines is 1. The van der Waals surface area contributed by atoms with Gasteiger partial charge in [0.2, 0.25) is 0 Å². The minimum Gasteiger partial charge on any atom is -0.481 e. The third-order valence-electron chi connectivity index (χ3n) is 6.35. The predicted octanol–water partition coefficient (Wildman–Crippen LogP) is 5.43. The van der Waals surface area contributed by atoms with E-state index in [9.17, 15) is 14.3 Å². The number of halogens is 3. The summed E-state index contributed by atoms with van der Waals surface area (Å²) in [6.07, 6.45) is 3.79. The van der Waals surface area contributed by atoms with Crippen LogP contribution in [-0.2, 0) is 4.79 Å². The molecule has 1 spiro atoms. The molecule has 0 amide bonds. The van der Waals surface area contributed by atoms with Crippen molar-refractivity contribution < 1.29 is 14.3 Å². The number of fused-ring (bicyclic) bond motifs is 1. The van der Waals surface area contributed by atoms with Crippen LogP contribution in [0.5, 0.6) is 0 Å². The molecular weight excluding hydrogens is 428 g/mol. The Labute approximate surface area is 182 Å². The molecule has 1 aliphatic carbocycles. The van der Waals surface area contributed by atoms with E-state index in [4.69, 9.17) is 23.2 Å². The molecule has 1 aromatic heterocycles. The van der Waals surface area contributed by atoms with Crippen LogP contribution in [0.2, 0.25) is 10.0 Å². The van der Waals surface area contributed by atoms with Gasteiger partial charge >= 0.3 is 5.97 Å². The highest BCUT2D eigenvalue weighted by molar-refractivity contribution is 6.42. The fourth-order valence-corrected chi connectivity index (χ4v) is 5.06. The van der Waals surface area contributed by atoms with Gasteiger partial charge in [0.25, 0.3) is 0 Å². The van der Waals surface area contributed by atoms with Crippen molar-refractivity contribution in [1.82, 2.24) is 9.97 Å². The molecule has 2 aromatic carbocycles. The van der Waals surface area contributed by atoms with E-state index in [0.717, 1.165) is 30.5 Å². The van der Waals surface area contributed by atoms with E-state index in [1.807, 2.05) is 6.07 Å². The largest absolute Gasteiger partial charge is 0.481 e. The molecule has 5 nitrogen and oxygen atoms in total. The molecule has 2 heterocycles. The molecule has 2 fully saturated rings. The highest BCUT2D eigenvalue weighted by atomic mass is 35.5. The van der Waals surface area contributed by atoms with E-state index in [1.165, 1.54) is 12.4 Å². The lowest BCUT2D eigenvalue weighted by molar-refractivity contribution is -0.139. The van der Waals surface area contributed by atoms with E-state index in [-0.39, 0.29) is 16.8 Å². The zero-order valence-corrected chi connectivity index (χ0v) is 17.4. The van der Waals surface area contributed by atoms with Crippen LogP contribution in [0.3, 0.4) is 0 Å². The number of piperidine rings is 1. The Bertz CT molecular complexity index is 1190. The molecule has 3 aromatic rings. The molecule has 2 unspecified atom stereocenters. The average Bonchev–Trinajstić information content (AvgIpc) is 3.43. The van der Waals surface area contributed by atoms with Gasteiger partial charge in [0, 0.05) is 18.5 Å². The van der Waals surface area contributed by atoms with Crippen molar-refractivity contribution in [2.75, 3.05) is 18.0 Å². The van der Waals surface area contributed by atoms with Crippen molar-refractivity contribution in [2.45, 2.75) is 19.3 Å². The van der Waals surface area contributed by atoms with Gasteiger partial charge in [0.1, 0.15) is 23.5 Å². The Morgan fingerprint density at radius 2 is 2.03 bits per heavy atom. The Balaban J connectivity index is 1.65. The standard InChI is InChI=1S/C22H18Cl2FN3O2/c23-15-4-2-12(8-16(15)24)13-3-5-17(25)19-18(13)20(27-11-26-19)28-7-1-6-22(10-28)9-14(22)21(29)30/h2-5,8,11,14H,1,6-7,9-10H2,(H,29,30). The SMILES string of the molecule is O=C(O)C1CC12CCCN(c1ncnc3c(F)ccc(-c4ccc(Cl)c(Cl)c4)c13)C2. The number of carboxylic acids is 1. The quantitative estimate of drug-likeness (QED) is 0.581. The number of carbonyl (C=O) groups is 1. The third-order valence-corrected chi connectivity index (χ3v) is 7.08. The lowest BCUT2D eigenvalue weighted by Gasteiger charge is -2.35. The van der Waals surface area contributed by atoms with Gasteiger partial charge in [-0.2, -0.15) is 0 Å². The molecule has 2 atom stereocenters. The Kier molecular flexibility index (Phi) is 4.60. The van der Waals surface area contributed by atoms with Gasteiger partial charge in [0.05, 0.1) is 21.3 Å². The second-order valence-electron chi connectivity index (χ2n) is 8.13. The summed E-state index contributed by atoms with van der Waals surface area (Å²) in [5.41, 5.74) is 1.55. The van der Waals surface area contributed by atoms with E-state index < -0.39 is 11.8 Å². The number of rotatable bonds is 3. The second-order valence-corrected chi connectivity index (χ2v) is 8.94. The van der Waals surface area contributed by atoms with Gasteiger partial charge in [-0.05, 0) is 48.6 Å². The van der Waals surface area contributed by atoms with Crippen LogP contribution in [0.25, 0.3) is 22.0 Å². The first-order valence-electron chi connectivity index (χ1n) is 9.76. The Morgan fingerprint density at radius 1 is 1.20 bits per heavy atom. The van der Waals surface area contributed by atoms with Gasteiger partial charge in [-0.25, -0.2) is 14.4 Å². The molecule has 0 bridgehead atoms. The maximum Gasteiger partial charge on any atom is 0.307 e. The third kappa shape index (κ3) is 3.10. The summed E-state index contributed by atoms with van der Waals surface area (Å²) >= 11 is 12.3. The molecule has 0 radical (unpaired) electrons. The molecule has 1 saturated carbocycles. The number of nitrogens with zero attached hydrogens (tertiary/aromatic N) is 3. The zero-order valence-electron chi connectivity index (χ0n) is 15.9. The normalized spacial score (nSPS) is 23.2. The monoisotopic (exact) mass is 445 g/mol. The van der Waals surface area contributed by atoms with Crippen LogP contribution < -0.4 is 4.90 Å². The molecule has 30 heavy (non-hydrogen) atoms. The van der Waals surface area contributed by atoms with E-state index in [0.29, 0.717) is 34.2 Å². The van der Waals surface area contributed by atoms with Crippen molar-refractivity contribution in [1.29, 1.82) is 0 Å². The predicted molar refractivity (Wildman–Crippen MR) is 115 cm³/mol. The van der Waals surface area contributed by atoms with Crippen LogP contribution in [0.15, 0.2) is 36.7 Å². The summed E-state index contributed by atoms with van der Waals surface area (Å²) < 4.78 is 14.7. The fourth-order valence-electron chi connectivity index (χ4n) is 4.76. The fraction of sp³-hybridized carbons (Fsp3) is 0.318. The van der Waals surface area contributed by atoms with E-state index >= 15 is 0 Å². The molecular formula is C22H18Cl2FN3O2. The van der Waals surface area contributed by atoms with Crippen LogP contribution in [0.1, 0.15) is 19.3 Å². The number of hydrogen-bond acceptors (Lipinski definition) is 4. The first-order valence-corrected chi connectivity index (χ1v) is 10.5. The van der Waals surface area contributed by atoms with Crippen molar-refractivity contribution in [3.63, 3.8) is 0 Å². The van der Waals surface area contributed by atoms with Gasteiger partial charge < -0.3 is 10.0 Å². The number of aliphatic carboxylic acids is 1. The van der Waals surface area contributed by atoms with Gasteiger partial charge in [-0.1, -0.05) is 35.3 Å². The summed E-state index contributed by atoms with van der Waals surface area (Å²) in [6.45, 7) is 1.32. The van der Waals surface area contributed by atoms with Gasteiger partial charge in [0.15, 0.2) is 0 Å². The molecule has 1 aliphatic heterocycles. The maximum absolute atomic E-state index is 14.7. The summed E-state index contributed by atoms with van der Waals surface area (Å²) in [7, 11) is 0. The number of benzene rings is 2. The summed E-state index contributed by atoms with van der Waals surface area (Å²) in [5, 5.41) is 10.9. The number of aromatic nitrogens is 2. The van der Waals surface area contributed by atoms with Crippen LogP contribution in [0.4, 0.5) is 10.2 Å². The highest BCUT2D eigenvalue weighted by Crippen LogP contribution is 2.58. The lowest BCUT2D eigenvalue weighted by atomic mass is 9.91. The minimum absolute atomic E-state index is 0.224. The first-order chi connectivity index (χ1) is 14.4. The summed E-state index contributed by atoms with van der Waals surface area (Å²) in [5.74, 6) is -0.874. The molecule has 5 rings (SSSR count). The Morgan fingerprint density at radius 3 is 2.77 bits per heavy atom. The molecule has 8 heteroatoms. The minimum atomic E-state index is -0.744. The summed E-state index contributed by atoms with van der Waals surface area (Å²) in [4.78, 5) is 22.3. The second kappa shape index (κ2) is 7.06. The van der Waals surface area contributed by atoms with Crippen molar-refractivity contribution in [3.05, 3.63) is 52.5 Å².